The number of halogens is 3. The average Bonchev–Trinajstić information content (AvgIpc) is 3.55. The fraction of sp³-hybridized carbons (Fsp3) is 0.414. The van der Waals surface area contributed by atoms with Gasteiger partial charge in [0.1, 0.15) is 17.4 Å². The minimum atomic E-state index is -2.67. The number of anilines is 1. The lowest BCUT2D eigenvalue weighted by molar-refractivity contribution is -0.117. The Kier molecular flexibility index (Phi) is 5.85. The summed E-state index contributed by atoms with van der Waals surface area (Å²) in [5, 5.41) is 4.06. The highest BCUT2D eigenvalue weighted by Crippen LogP contribution is 2.44. The number of carbonyl (C=O) groups is 1. The molecule has 1 saturated carbocycles. The van der Waals surface area contributed by atoms with E-state index in [1.165, 1.54) is 6.07 Å². The van der Waals surface area contributed by atoms with Crippen LogP contribution in [0.5, 0.6) is 0 Å². The molecule has 3 heterocycles. The van der Waals surface area contributed by atoms with E-state index in [2.05, 4.69) is 9.72 Å². The smallest absolute Gasteiger partial charge is 0.248 e. The van der Waals surface area contributed by atoms with E-state index in [0.29, 0.717) is 54.0 Å². The Hall–Kier alpha value is -3.62. The van der Waals surface area contributed by atoms with Crippen LogP contribution in [0.2, 0.25) is 0 Å². The van der Waals surface area contributed by atoms with Gasteiger partial charge in [-0.05, 0) is 75.4 Å². The zero-order chi connectivity index (χ0) is 26.8. The number of aryl methyl sites for hydroxylation is 3. The van der Waals surface area contributed by atoms with Gasteiger partial charge in [0.2, 0.25) is 11.8 Å². The van der Waals surface area contributed by atoms with Crippen LogP contribution in [0.15, 0.2) is 40.9 Å². The van der Waals surface area contributed by atoms with E-state index < -0.39 is 12.0 Å². The Labute approximate surface area is 218 Å². The maximum Gasteiger partial charge on any atom is 0.248 e. The minimum Gasteiger partial charge on any atom is -0.361 e. The maximum atomic E-state index is 14.5. The molecule has 1 atom stereocenters. The van der Waals surface area contributed by atoms with E-state index in [-0.39, 0.29) is 30.6 Å². The molecule has 0 bridgehead atoms. The molecule has 2 aromatic carbocycles. The van der Waals surface area contributed by atoms with Crippen molar-refractivity contribution in [1.82, 2.24) is 14.7 Å². The van der Waals surface area contributed by atoms with Gasteiger partial charge in [-0.15, -0.1) is 0 Å². The number of fused-ring (bicyclic) bond motifs is 1. The molecule has 0 N–H and O–H groups in total. The highest BCUT2D eigenvalue weighted by molar-refractivity contribution is 5.96. The summed E-state index contributed by atoms with van der Waals surface area (Å²) in [6.07, 6.45) is 1.07. The van der Waals surface area contributed by atoms with Gasteiger partial charge in [-0.1, -0.05) is 17.3 Å². The Morgan fingerprint density at radius 2 is 1.79 bits per heavy atom. The molecule has 4 aromatic rings. The SMILES string of the molecule is Cc1ccc(N2C(=O)CC[C@H]2c2nc3cc(-c4c(C)noc4C)ccc3n2C2CCC(F)(F)CC2)cc1F. The summed E-state index contributed by atoms with van der Waals surface area (Å²) >= 11 is 0. The Bertz CT molecular complexity index is 1530. The summed E-state index contributed by atoms with van der Waals surface area (Å²) in [5.74, 6) is -1.81. The van der Waals surface area contributed by atoms with Gasteiger partial charge < -0.3 is 14.0 Å². The van der Waals surface area contributed by atoms with Crippen molar-refractivity contribution in [3.8, 4) is 11.1 Å². The van der Waals surface area contributed by atoms with Crippen LogP contribution < -0.4 is 4.90 Å². The van der Waals surface area contributed by atoms with Crippen molar-refractivity contribution in [3.05, 3.63) is 65.1 Å². The predicted octanol–water partition coefficient (Wildman–Crippen LogP) is 7.37. The van der Waals surface area contributed by atoms with Gasteiger partial charge in [-0.2, -0.15) is 0 Å². The third kappa shape index (κ3) is 4.08. The van der Waals surface area contributed by atoms with Crippen LogP contribution in [0.1, 0.15) is 73.5 Å². The van der Waals surface area contributed by atoms with Gasteiger partial charge in [0.15, 0.2) is 0 Å². The van der Waals surface area contributed by atoms with Gasteiger partial charge >= 0.3 is 0 Å². The Balaban J connectivity index is 1.50. The Morgan fingerprint density at radius 3 is 2.47 bits per heavy atom. The maximum absolute atomic E-state index is 14.5. The topological polar surface area (TPSA) is 64.2 Å². The molecule has 0 spiro atoms. The molecular weight excluding hydrogens is 493 g/mol. The second-order valence-electron chi connectivity index (χ2n) is 10.6. The summed E-state index contributed by atoms with van der Waals surface area (Å²) in [4.78, 5) is 19.7. The van der Waals surface area contributed by atoms with E-state index in [1.807, 2.05) is 32.0 Å². The number of alkyl halides is 2. The molecule has 0 unspecified atom stereocenters. The molecule has 198 valence electrons. The van der Waals surface area contributed by atoms with E-state index in [4.69, 9.17) is 9.51 Å². The van der Waals surface area contributed by atoms with Crippen LogP contribution >= 0.6 is 0 Å². The van der Waals surface area contributed by atoms with E-state index in [1.54, 1.807) is 24.0 Å². The summed E-state index contributed by atoms with van der Waals surface area (Å²) < 4.78 is 50.1. The van der Waals surface area contributed by atoms with Crippen LogP contribution in [0.4, 0.5) is 18.9 Å². The fourth-order valence-corrected chi connectivity index (χ4v) is 6.05. The van der Waals surface area contributed by atoms with Crippen molar-refractivity contribution in [1.29, 1.82) is 0 Å². The van der Waals surface area contributed by atoms with Crippen LogP contribution in [0, 0.1) is 26.6 Å². The molecule has 9 heteroatoms. The van der Waals surface area contributed by atoms with Crippen molar-refractivity contribution in [3.63, 3.8) is 0 Å². The van der Waals surface area contributed by atoms with Crippen molar-refractivity contribution in [2.75, 3.05) is 4.90 Å². The lowest BCUT2D eigenvalue weighted by Gasteiger charge is -2.32. The number of rotatable bonds is 4. The number of nitrogens with zero attached hydrogens (tertiary/aromatic N) is 4. The lowest BCUT2D eigenvalue weighted by Crippen LogP contribution is -2.32. The number of hydrogen-bond donors (Lipinski definition) is 0. The molecule has 0 radical (unpaired) electrons. The summed E-state index contributed by atoms with van der Waals surface area (Å²) in [5.41, 5.74) is 5.09. The number of amides is 1. The monoisotopic (exact) mass is 522 g/mol. The predicted molar refractivity (Wildman–Crippen MR) is 138 cm³/mol. The molecule has 1 aliphatic heterocycles. The fourth-order valence-electron chi connectivity index (χ4n) is 6.05. The van der Waals surface area contributed by atoms with Crippen LogP contribution in [0.25, 0.3) is 22.2 Å². The molecule has 6 rings (SSSR count). The summed E-state index contributed by atoms with van der Waals surface area (Å²) in [7, 11) is 0. The largest absolute Gasteiger partial charge is 0.361 e. The first-order valence-electron chi connectivity index (χ1n) is 13.0. The Morgan fingerprint density at radius 1 is 1.03 bits per heavy atom. The van der Waals surface area contributed by atoms with Crippen LogP contribution in [-0.2, 0) is 4.79 Å². The second-order valence-corrected chi connectivity index (χ2v) is 10.6. The number of imidazole rings is 1. The molecule has 1 aliphatic carbocycles. The van der Waals surface area contributed by atoms with E-state index in [9.17, 15) is 18.0 Å². The first kappa shape index (κ1) is 24.7. The summed E-state index contributed by atoms with van der Waals surface area (Å²) in [6, 6.07) is 10.1. The molecule has 2 fully saturated rings. The summed E-state index contributed by atoms with van der Waals surface area (Å²) in [6.45, 7) is 5.41. The lowest BCUT2D eigenvalue weighted by atomic mass is 9.91. The van der Waals surface area contributed by atoms with E-state index in [0.717, 1.165) is 22.3 Å². The molecule has 1 amide bonds. The number of carbonyl (C=O) groups excluding carboxylic acids is 1. The highest BCUT2D eigenvalue weighted by atomic mass is 19.3. The van der Waals surface area contributed by atoms with Gasteiger partial charge in [0.05, 0.1) is 22.8 Å². The van der Waals surface area contributed by atoms with Crippen LogP contribution in [-0.4, -0.2) is 26.5 Å². The molecule has 6 nitrogen and oxygen atoms in total. The molecule has 2 aliphatic rings. The standard InChI is InChI=1S/C29H29F3N4O2/c1-16-4-6-21(15-22(16)30)35-25(8-9-26(35)37)28-33-23-14-19(27-17(2)34-38-18(27)3)5-7-24(23)36(28)20-10-12-29(31,32)13-11-20/h4-7,14-15,20,25H,8-13H2,1-3H3/t25-/m0/s1. The zero-order valence-electron chi connectivity index (χ0n) is 21.6. The zero-order valence-corrected chi connectivity index (χ0v) is 21.6. The number of hydrogen-bond acceptors (Lipinski definition) is 4. The average molecular weight is 523 g/mol. The minimum absolute atomic E-state index is 0.108. The van der Waals surface area contributed by atoms with Gasteiger partial charge in [-0.3, -0.25) is 4.79 Å². The third-order valence-corrected chi connectivity index (χ3v) is 8.03. The molecule has 2 aromatic heterocycles. The van der Waals surface area contributed by atoms with Gasteiger partial charge in [0, 0.05) is 36.6 Å². The quantitative estimate of drug-likeness (QED) is 0.281. The first-order valence-corrected chi connectivity index (χ1v) is 13.0. The first-order chi connectivity index (χ1) is 18.1. The highest BCUT2D eigenvalue weighted by Gasteiger charge is 2.41. The van der Waals surface area contributed by atoms with Crippen molar-refractivity contribution in [2.45, 2.75) is 77.3 Å². The third-order valence-electron chi connectivity index (χ3n) is 8.03. The van der Waals surface area contributed by atoms with Crippen molar-refractivity contribution < 1.29 is 22.5 Å². The number of benzene rings is 2. The molecule has 1 saturated heterocycles. The molecular formula is C29H29F3N4O2. The van der Waals surface area contributed by atoms with Crippen molar-refractivity contribution in [2.24, 2.45) is 0 Å². The molecule has 38 heavy (non-hydrogen) atoms. The van der Waals surface area contributed by atoms with Gasteiger partial charge in [0.25, 0.3) is 0 Å². The van der Waals surface area contributed by atoms with E-state index >= 15 is 0 Å². The second kappa shape index (κ2) is 8.99. The van der Waals surface area contributed by atoms with Crippen molar-refractivity contribution >= 4 is 22.6 Å². The normalized spacial score (nSPS) is 20.1. The number of aromatic nitrogens is 3. The van der Waals surface area contributed by atoms with Gasteiger partial charge in [-0.25, -0.2) is 18.2 Å². The van der Waals surface area contributed by atoms with Crippen LogP contribution in [0.3, 0.4) is 0 Å².